The van der Waals surface area contributed by atoms with Gasteiger partial charge in [-0.25, -0.2) is 4.98 Å². The first-order valence-electron chi connectivity index (χ1n) is 6.10. The SMILES string of the molecule is Cc1csc2ncn(C(CO)CC(C)C)c(=O)c12. The molecule has 0 aromatic carbocycles. The summed E-state index contributed by atoms with van der Waals surface area (Å²) in [4.78, 5) is 17.5. The van der Waals surface area contributed by atoms with Gasteiger partial charge in [0, 0.05) is 0 Å². The van der Waals surface area contributed by atoms with Crippen molar-refractivity contribution < 1.29 is 5.11 Å². The molecule has 5 heteroatoms. The van der Waals surface area contributed by atoms with Gasteiger partial charge in [0.05, 0.1) is 24.4 Å². The summed E-state index contributed by atoms with van der Waals surface area (Å²) in [6.45, 7) is 6.04. The molecular formula is C13H18N2O2S. The molecule has 2 aromatic heterocycles. The average Bonchev–Trinajstić information content (AvgIpc) is 2.69. The lowest BCUT2D eigenvalue weighted by molar-refractivity contribution is 0.205. The monoisotopic (exact) mass is 266 g/mol. The fourth-order valence-corrected chi connectivity index (χ4v) is 3.04. The van der Waals surface area contributed by atoms with Crippen LogP contribution in [0, 0.1) is 12.8 Å². The minimum absolute atomic E-state index is 0.0333. The summed E-state index contributed by atoms with van der Waals surface area (Å²) in [5.74, 6) is 0.424. The highest BCUT2D eigenvalue weighted by molar-refractivity contribution is 7.16. The Balaban J connectivity index is 2.53. The van der Waals surface area contributed by atoms with Crippen LogP contribution in [0.4, 0.5) is 0 Å². The Morgan fingerprint density at radius 1 is 1.50 bits per heavy atom. The van der Waals surface area contributed by atoms with Gasteiger partial charge in [-0.05, 0) is 30.2 Å². The first kappa shape index (κ1) is 13.2. The van der Waals surface area contributed by atoms with Crippen molar-refractivity contribution in [3.05, 3.63) is 27.6 Å². The molecule has 1 unspecified atom stereocenters. The van der Waals surface area contributed by atoms with Gasteiger partial charge in [0.15, 0.2) is 0 Å². The molecule has 0 aliphatic heterocycles. The van der Waals surface area contributed by atoms with E-state index in [0.29, 0.717) is 11.3 Å². The second kappa shape index (κ2) is 5.20. The number of hydrogen-bond donors (Lipinski definition) is 1. The molecule has 98 valence electrons. The van der Waals surface area contributed by atoms with E-state index in [1.54, 1.807) is 10.9 Å². The Bertz CT molecular complexity index is 601. The Morgan fingerprint density at radius 2 is 2.22 bits per heavy atom. The molecule has 0 saturated carbocycles. The molecule has 0 aliphatic carbocycles. The third-order valence-electron chi connectivity index (χ3n) is 3.05. The molecular weight excluding hydrogens is 248 g/mol. The van der Waals surface area contributed by atoms with Crippen molar-refractivity contribution >= 4 is 21.6 Å². The number of nitrogens with zero attached hydrogens (tertiary/aromatic N) is 2. The van der Waals surface area contributed by atoms with Crippen molar-refractivity contribution in [2.75, 3.05) is 6.61 Å². The molecule has 18 heavy (non-hydrogen) atoms. The maximum atomic E-state index is 12.4. The van der Waals surface area contributed by atoms with Gasteiger partial charge in [-0.3, -0.25) is 9.36 Å². The van der Waals surface area contributed by atoms with Gasteiger partial charge in [-0.2, -0.15) is 0 Å². The highest BCUT2D eigenvalue weighted by Gasteiger charge is 2.16. The molecule has 4 nitrogen and oxygen atoms in total. The van der Waals surface area contributed by atoms with Crippen LogP contribution in [0.25, 0.3) is 10.2 Å². The Labute approximate surface area is 110 Å². The number of fused-ring (bicyclic) bond motifs is 1. The van der Waals surface area contributed by atoms with Crippen molar-refractivity contribution in [2.24, 2.45) is 5.92 Å². The Kier molecular flexibility index (Phi) is 3.82. The van der Waals surface area contributed by atoms with Crippen molar-refractivity contribution in [2.45, 2.75) is 33.2 Å². The quantitative estimate of drug-likeness (QED) is 0.924. The zero-order chi connectivity index (χ0) is 13.3. The van der Waals surface area contributed by atoms with E-state index in [-0.39, 0.29) is 18.2 Å². The fourth-order valence-electron chi connectivity index (χ4n) is 2.16. The number of thiophene rings is 1. The second-order valence-corrected chi connectivity index (χ2v) is 5.88. The minimum atomic E-state index is -0.186. The number of aliphatic hydroxyl groups is 1. The van der Waals surface area contributed by atoms with E-state index in [1.165, 1.54) is 11.3 Å². The number of aryl methyl sites for hydroxylation is 1. The molecule has 0 fully saturated rings. The van der Waals surface area contributed by atoms with E-state index in [2.05, 4.69) is 18.8 Å². The first-order valence-corrected chi connectivity index (χ1v) is 6.98. The topological polar surface area (TPSA) is 55.1 Å². The first-order chi connectivity index (χ1) is 8.54. The summed E-state index contributed by atoms with van der Waals surface area (Å²) < 4.78 is 1.57. The van der Waals surface area contributed by atoms with Crippen LogP contribution < -0.4 is 5.56 Å². The molecule has 0 aliphatic rings. The van der Waals surface area contributed by atoms with Gasteiger partial charge in [0.25, 0.3) is 5.56 Å². The predicted octanol–water partition coefficient (Wildman–Crippen LogP) is 2.35. The summed E-state index contributed by atoms with van der Waals surface area (Å²) in [6.07, 6.45) is 2.33. The van der Waals surface area contributed by atoms with E-state index >= 15 is 0 Å². The second-order valence-electron chi connectivity index (χ2n) is 5.02. The minimum Gasteiger partial charge on any atom is -0.394 e. The van der Waals surface area contributed by atoms with Gasteiger partial charge >= 0.3 is 0 Å². The summed E-state index contributed by atoms with van der Waals surface area (Å²) in [7, 11) is 0. The summed E-state index contributed by atoms with van der Waals surface area (Å²) in [5, 5.41) is 12.1. The van der Waals surface area contributed by atoms with Crippen molar-refractivity contribution in [1.29, 1.82) is 0 Å². The molecule has 0 amide bonds. The lowest BCUT2D eigenvalue weighted by Crippen LogP contribution is -2.28. The van der Waals surface area contributed by atoms with E-state index in [0.717, 1.165) is 16.8 Å². The number of aliphatic hydroxyl groups excluding tert-OH is 1. The molecule has 0 saturated heterocycles. The number of rotatable bonds is 4. The molecule has 0 bridgehead atoms. The van der Waals surface area contributed by atoms with E-state index in [1.807, 2.05) is 12.3 Å². The third kappa shape index (κ3) is 2.33. The standard InChI is InChI=1S/C13H18N2O2S/c1-8(2)4-10(5-16)15-7-14-12-11(13(15)17)9(3)6-18-12/h6-8,10,16H,4-5H2,1-3H3. The lowest BCUT2D eigenvalue weighted by Gasteiger charge is -2.19. The smallest absolute Gasteiger partial charge is 0.262 e. The number of aromatic nitrogens is 2. The van der Waals surface area contributed by atoms with Crippen LogP contribution in [0.5, 0.6) is 0 Å². The van der Waals surface area contributed by atoms with Crippen LogP contribution in [0.1, 0.15) is 31.9 Å². The Hall–Kier alpha value is -1.20. The maximum absolute atomic E-state index is 12.4. The summed E-state index contributed by atoms with van der Waals surface area (Å²) in [5.41, 5.74) is 0.918. The molecule has 0 spiro atoms. The van der Waals surface area contributed by atoms with Gasteiger partial charge in [-0.1, -0.05) is 13.8 Å². The molecule has 2 aromatic rings. The molecule has 1 N–H and O–H groups in total. The highest BCUT2D eigenvalue weighted by atomic mass is 32.1. The van der Waals surface area contributed by atoms with Crippen molar-refractivity contribution in [1.82, 2.24) is 9.55 Å². The predicted molar refractivity (Wildman–Crippen MR) is 74.2 cm³/mol. The van der Waals surface area contributed by atoms with Crippen molar-refractivity contribution in [3.63, 3.8) is 0 Å². The Morgan fingerprint density at radius 3 is 2.83 bits per heavy atom. The highest BCUT2D eigenvalue weighted by Crippen LogP contribution is 2.21. The normalized spacial score (nSPS) is 13.4. The van der Waals surface area contributed by atoms with Crippen molar-refractivity contribution in [3.8, 4) is 0 Å². The van der Waals surface area contributed by atoms with E-state index < -0.39 is 0 Å². The van der Waals surface area contributed by atoms with E-state index in [9.17, 15) is 9.90 Å². The molecule has 2 rings (SSSR count). The zero-order valence-electron chi connectivity index (χ0n) is 10.9. The van der Waals surface area contributed by atoms with Crippen LogP contribution in [0.15, 0.2) is 16.5 Å². The van der Waals surface area contributed by atoms with Gasteiger partial charge < -0.3 is 5.11 Å². The van der Waals surface area contributed by atoms with Gasteiger partial charge in [0.1, 0.15) is 4.83 Å². The van der Waals surface area contributed by atoms with E-state index in [4.69, 9.17) is 0 Å². The number of hydrogen-bond acceptors (Lipinski definition) is 4. The van der Waals surface area contributed by atoms with Gasteiger partial charge in [-0.15, -0.1) is 11.3 Å². The zero-order valence-corrected chi connectivity index (χ0v) is 11.7. The molecule has 0 radical (unpaired) electrons. The summed E-state index contributed by atoms with van der Waals surface area (Å²) >= 11 is 1.48. The maximum Gasteiger partial charge on any atom is 0.262 e. The van der Waals surface area contributed by atoms with Crippen LogP contribution >= 0.6 is 11.3 Å². The lowest BCUT2D eigenvalue weighted by atomic mass is 10.0. The largest absolute Gasteiger partial charge is 0.394 e. The van der Waals surface area contributed by atoms with Crippen LogP contribution in [-0.4, -0.2) is 21.3 Å². The van der Waals surface area contributed by atoms with Crippen LogP contribution in [0.2, 0.25) is 0 Å². The average molecular weight is 266 g/mol. The molecule has 2 heterocycles. The molecule has 1 atom stereocenters. The summed E-state index contributed by atoms with van der Waals surface area (Å²) in [6, 6.07) is -0.186. The fraction of sp³-hybridized carbons (Fsp3) is 0.538. The van der Waals surface area contributed by atoms with Gasteiger partial charge in [0.2, 0.25) is 0 Å². The third-order valence-corrected chi connectivity index (χ3v) is 4.06. The van der Waals surface area contributed by atoms with Crippen LogP contribution in [-0.2, 0) is 0 Å². The van der Waals surface area contributed by atoms with Crippen LogP contribution in [0.3, 0.4) is 0 Å².